The number of nitrogens with one attached hydrogen (secondary N) is 2. The summed E-state index contributed by atoms with van der Waals surface area (Å²) in [4.78, 5) is 10.1. The largest absolute Gasteiger partial charge is 0.318 e. The minimum Gasteiger partial charge on any atom is -0.318 e. The molecule has 8 nitrogen and oxygen atoms in total. The number of nitrogen functional groups attached to an aromatic ring is 1. The molecule has 20 heavy (non-hydrogen) atoms. The molecule has 2 rings (SSSR count). The van der Waals surface area contributed by atoms with Crippen LogP contribution in [0.15, 0.2) is 23.1 Å². The Morgan fingerprint density at radius 2 is 1.95 bits per heavy atom. The van der Waals surface area contributed by atoms with Crippen LogP contribution >= 0.6 is 0 Å². The highest BCUT2D eigenvalue weighted by Gasteiger charge is 2.24. The fourth-order valence-corrected chi connectivity index (χ4v) is 3.62. The molecule has 1 saturated carbocycles. The van der Waals surface area contributed by atoms with E-state index < -0.39 is 14.9 Å². The second kappa shape index (κ2) is 5.73. The van der Waals surface area contributed by atoms with Crippen LogP contribution in [0.2, 0.25) is 0 Å². The van der Waals surface area contributed by atoms with Crippen molar-refractivity contribution >= 4 is 21.4 Å². The maximum Gasteiger partial charge on any atom is 0.293 e. The van der Waals surface area contributed by atoms with Crippen LogP contribution in [0.25, 0.3) is 0 Å². The zero-order valence-electron chi connectivity index (χ0n) is 10.7. The highest BCUT2D eigenvalue weighted by molar-refractivity contribution is 7.89. The predicted molar refractivity (Wildman–Crippen MR) is 73.5 cm³/mol. The molecule has 0 saturated heterocycles. The number of nitrogens with two attached hydrogens (primary N) is 1. The third-order valence-corrected chi connectivity index (χ3v) is 4.83. The van der Waals surface area contributed by atoms with Crippen molar-refractivity contribution in [1.82, 2.24) is 4.72 Å². The topological polar surface area (TPSA) is 127 Å². The van der Waals surface area contributed by atoms with Crippen LogP contribution in [-0.4, -0.2) is 19.4 Å². The summed E-state index contributed by atoms with van der Waals surface area (Å²) in [5.74, 6) is 5.19. The molecule has 0 radical (unpaired) electrons. The number of hydrazine groups is 1. The normalized spacial score (nSPS) is 16.2. The molecule has 1 aromatic rings. The standard InChI is InChI=1S/C11H16N4O4S/c12-13-10-7-9(5-6-11(10)15(16)17)20(18,19)14-8-3-1-2-4-8/h5-8,13-14H,1-4,12H2. The number of hydrogen-bond donors (Lipinski definition) is 3. The molecule has 0 bridgehead atoms. The Morgan fingerprint density at radius 3 is 2.50 bits per heavy atom. The lowest BCUT2D eigenvalue weighted by Gasteiger charge is -2.13. The lowest BCUT2D eigenvalue weighted by atomic mass is 10.3. The van der Waals surface area contributed by atoms with Crippen molar-refractivity contribution < 1.29 is 13.3 Å². The molecular weight excluding hydrogens is 284 g/mol. The Bertz CT molecular complexity index is 611. The van der Waals surface area contributed by atoms with Gasteiger partial charge in [0, 0.05) is 12.1 Å². The van der Waals surface area contributed by atoms with Gasteiger partial charge in [-0.1, -0.05) is 12.8 Å². The fraction of sp³-hybridized carbons (Fsp3) is 0.455. The molecule has 0 atom stereocenters. The third kappa shape index (κ3) is 3.06. The number of nitro benzene ring substituents is 1. The van der Waals surface area contributed by atoms with Crippen LogP contribution in [0.5, 0.6) is 0 Å². The third-order valence-electron chi connectivity index (χ3n) is 3.31. The van der Waals surface area contributed by atoms with Gasteiger partial charge in [0.15, 0.2) is 0 Å². The van der Waals surface area contributed by atoms with Crippen molar-refractivity contribution in [3.63, 3.8) is 0 Å². The molecule has 0 spiro atoms. The Morgan fingerprint density at radius 1 is 1.30 bits per heavy atom. The number of nitrogens with zero attached hydrogens (tertiary/aromatic N) is 1. The molecule has 0 heterocycles. The first-order chi connectivity index (χ1) is 9.44. The van der Waals surface area contributed by atoms with Gasteiger partial charge in [-0.15, -0.1) is 0 Å². The van der Waals surface area contributed by atoms with Crippen molar-refractivity contribution in [2.45, 2.75) is 36.6 Å². The summed E-state index contributed by atoms with van der Waals surface area (Å²) < 4.78 is 27.0. The molecule has 0 aliphatic heterocycles. The van der Waals surface area contributed by atoms with Gasteiger partial charge in [-0.3, -0.25) is 16.0 Å². The van der Waals surface area contributed by atoms with E-state index >= 15 is 0 Å². The van der Waals surface area contributed by atoms with Gasteiger partial charge in [0.25, 0.3) is 5.69 Å². The zero-order chi connectivity index (χ0) is 14.8. The first-order valence-electron chi connectivity index (χ1n) is 6.21. The van der Waals surface area contributed by atoms with Gasteiger partial charge in [-0.25, -0.2) is 13.1 Å². The van der Waals surface area contributed by atoms with Crippen LogP contribution in [0, 0.1) is 10.1 Å². The van der Waals surface area contributed by atoms with Crippen molar-refractivity contribution in [3.8, 4) is 0 Å². The Kier molecular flexibility index (Phi) is 4.21. The maximum atomic E-state index is 12.2. The Labute approximate surface area is 116 Å². The molecule has 1 aliphatic rings. The molecule has 9 heteroatoms. The maximum absolute atomic E-state index is 12.2. The number of benzene rings is 1. The second-order valence-electron chi connectivity index (χ2n) is 4.68. The molecular formula is C11H16N4O4S. The second-order valence-corrected chi connectivity index (χ2v) is 6.40. The van der Waals surface area contributed by atoms with Crippen LogP contribution in [0.1, 0.15) is 25.7 Å². The molecule has 110 valence electrons. The summed E-state index contributed by atoms with van der Waals surface area (Å²) in [6.45, 7) is 0. The molecule has 4 N–H and O–H groups in total. The average molecular weight is 300 g/mol. The van der Waals surface area contributed by atoms with Gasteiger partial charge in [-0.2, -0.15) is 0 Å². The van der Waals surface area contributed by atoms with E-state index in [9.17, 15) is 18.5 Å². The van der Waals surface area contributed by atoms with Crippen molar-refractivity contribution in [3.05, 3.63) is 28.3 Å². The number of nitro groups is 1. The number of rotatable bonds is 5. The molecule has 1 aromatic carbocycles. The van der Waals surface area contributed by atoms with E-state index in [0.717, 1.165) is 37.8 Å². The van der Waals surface area contributed by atoms with E-state index in [0.29, 0.717) is 0 Å². The van der Waals surface area contributed by atoms with Gasteiger partial charge < -0.3 is 5.43 Å². The van der Waals surface area contributed by atoms with Crippen molar-refractivity contribution in [2.24, 2.45) is 5.84 Å². The lowest BCUT2D eigenvalue weighted by Crippen LogP contribution is -2.32. The van der Waals surface area contributed by atoms with Crippen LogP contribution in [-0.2, 0) is 10.0 Å². The van der Waals surface area contributed by atoms with E-state index in [1.807, 2.05) is 0 Å². The van der Waals surface area contributed by atoms with E-state index in [-0.39, 0.29) is 22.3 Å². The minimum absolute atomic E-state index is 0.0377. The molecule has 1 fully saturated rings. The number of anilines is 1. The van der Waals surface area contributed by atoms with Crippen LogP contribution < -0.4 is 16.0 Å². The average Bonchev–Trinajstić information content (AvgIpc) is 2.89. The number of sulfonamides is 1. The van der Waals surface area contributed by atoms with Crippen LogP contribution in [0.4, 0.5) is 11.4 Å². The van der Waals surface area contributed by atoms with E-state index in [2.05, 4.69) is 10.1 Å². The quantitative estimate of drug-likeness (QED) is 0.424. The minimum atomic E-state index is -3.69. The van der Waals surface area contributed by atoms with Crippen LogP contribution in [0.3, 0.4) is 0 Å². The van der Waals surface area contributed by atoms with E-state index in [1.165, 1.54) is 6.07 Å². The Hall–Kier alpha value is -1.71. The molecule has 0 aromatic heterocycles. The van der Waals surface area contributed by atoms with Gasteiger partial charge in [-0.05, 0) is 25.0 Å². The monoisotopic (exact) mass is 300 g/mol. The smallest absolute Gasteiger partial charge is 0.293 e. The van der Waals surface area contributed by atoms with E-state index in [1.54, 1.807) is 0 Å². The van der Waals surface area contributed by atoms with Gasteiger partial charge in [0.1, 0.15) is 5.69 Å². The predicted octanol–water partition coefficient (Wildman–Crippen LogP) is 1.10. The number of hydrogen-bond acceptors (Lipinski definition) is 6. The van der Waals surface area contributed by atoms with E-state index in [4.69, 9.17) is 5.84 Å². The summed E-state index contributed by atoms with van der Waals surface area (Å²) in [5.41, 5.74) is 1.84. The Balaban J connectivity index is 2.29. The SMILES string of the molecule is NNc1cc(S(=O)(=O)NC2CCCC2)ccc1[N+](=O)[O-]. The molecule has 0 unspecified atom stereocenters. The first-order valence-corrected chi connectivity index (χ1v) is 7.70. The van der Waals surface area contributed by atoms with Gasteiger partial charge >= 0.3 is 0 Å². The van der Waals surface area contributed by atoms with Crippen molar-refractivity contribution in [1.29, 1.82) is 0 Å². The summed E-state index contributed by atoms with van der Waals surface area (Å²) >= 11 is 0. The summed E-state index contributed by atoms with van der Waals surface area (Å²) in [7, 11) is -3.69. The first kappa shape index (κ1) is 14.7. The lowest BCUT2D eigenvalue weighted by molar-refractivity contribution is -0.384. The highest BCUT2D eigenvalue weighted by Crippen LogP contribution is 2.27. The van der Waals surface area contributed by atoms with Crippen molar-refractivity contribution in [2.75, 3.05) is 5.43 Å². The summed E-state index contributed by atoms with van der Waals surface area (Å²) in [6, 6.07) is 3.42. The highest BCUT2D eigenvalue weighted by atomic mass is 32.2. The van der Waals surface area contributed by atoms with Gasteiger partial charge in [0.2, 0.25) is 10.0 Å². The molecule has 1 aliphatic carbocycles. The zero-order valence-corrected chi connectivity index (χ0v) is 11.5. The fourth-order valence-electron chi connectivity index (χ4n) is 2.29. The summed E-state index contributed by atoms with van der Waals surface area (Å²) in [5, 5.41) is 10.8. The summed E-state index contributed by atoms with van der Waals surface area (Å²) in [6.07, 6.45) is 3.63. The molecule has 0 amide bonds. The van der Waals surface area contributed by atoms with Gasteiger partial charge in [0.05, 0.1) is 9.82 Å².